The average molecular weight is 310 g/mol. The summed E-state index contributed by atoms with van der Waals surface area (Å²) in [5.41, 5.74) is -1.10. The van der Waals surface area contributed by atoms with E-state index in [0.717, 1.165) is 13.1 Å². The summed E-state index contributed by atoms with van der Waals surface area (Å²) in [4.78, 5) is 11.7. The average Bonchev–Trinajstić information content (AvgIpc) is 2.61. The van der Waals surface area contributed by atoms with Gasteiger partial charge in [0.05, 0.1) is 6.54 Å². The molecule has 2 rings (SSSR count). The second kappa shape index (κ2) is 4.93. The van der Waals surface area contributed by atoms with Crippen molar-refractivity contribution < 1.29 is 17.6 Å². The molecule has 0 aliphatic heterocycles. The number of rotatable bonds is 2. The van der Waals surface area contributed by atoms with Crippen LogP contribution in [0.1, 0.15) is 11.4 Å². The fourth-order valence-electron chi connectivity index (χ4n) is 1.67. The van der Waals surface area contributed by atoms with Gasteiger partial charge in [-0.25, -0.2) is 13.9 Å². The van der Waals surface area contributed by atoms with E-state index in [1.165, 1.54) is 12.1 Å². The Kier molecular flexibility index (Phi) is 3.59. The Morgan fingerprint density at radius 1 is 1.35 bits per heavy atom. The van der Waals surface area contributed by atoms with Crippen molar-refractivity contribution in [1.29, 1.82) is 0 Å². The Morgan fingerprint density at radius 2 is 2.00 bits per heavy atom. The summed E-state index contributed by atoms with van der Waals surface area (Å²) in [5.74, 6) is -2.07. The zero-order chi connectivity index (χ0) is 15.1. The van der Waals surface area contributed by atoms with E-state index in [-0.39, 0.29) is 10.6 Å². The van der Waals surface area contributed by atoms with Gasteiger partial charge in [-0.1, -0.05) is 17.7 Å². The molecule has 1 heterocycles. The van der Waals surface area contributed by atoms with Crippen LogP contribution in [0.5, 0.6) is 0 Å². The molecule has 0 fully saturated rings. The molecule has 108 valence electrons. The first kappa shape index (κ1) is 14.6. The molecule has 0 saturated heterocycles. The van der Waals surface area contributed by atoms with Crippen molar-refractivity contribution in [2.45, 2.75) is 12.7 Å². The maximum atomic E-state index is 13.6. The van der Waals surface area contributed by atoms with Gasteiger partial charge < -0.3 is 0 Å². The minimum atomic E-state index is -4.77. The largest absolute Gasteiger partial charge is 0.451 e. The number of halogens is 5. The molecule has 0 aliphatic rings. The van der Waals surface area contributed by atoms with Crippen molar-refractivity contribution in [3.05, 3.63) is 50.9 Å². The summed E-state index contributed by atoms with van der Waals surface area (Å²) in [6.45, 7) is -0.478. The number of nitrogens with zero attached hydrogens (tertiary/aromatic N) is 3. The van der Waals surface area contributed by atoms with E-state index in [1.807, 2.05) is 0 Å². The molecule has 4 nitrogen and oxygen atoms in total. The van der Waals surface area contributed by atoms with Gasteiger partial charge in [-0.05, 0) is 12.1 Å². The summed E-state index contributed by atoms with van der Waals surface area (Å²) in [5, 5.41) is 3.19. The molecule has 2 aromatic rings. The number of alkyl halides is 3. The minimum absolute atomic E-state index is 0.0103. The molecular weight excluding hydrogens is 302 g/mol. The van der Waals surface area contributed by atoms with Gasteiger partial charge in [-0.3, -0.25) is 4.57 Å². The smallest absolute Gasteiger partial charge is 0.274 e. The third-order valence-electron chi connectivity index (χ3n) is 2.66. The lowest BCUT2D eigenvalue weighted by Gasteiger charge is -2.05. The number of benzene rings is 1. The normalized spacial score (nSPS) is 11.9. The monoisotopic (exact) mass is 309 g/mol. The van der Waals surface area contributed by atoms with Crippen LogP contribution in [0.2, 0.25) is 5.02 Å². The van der Waals surface area contributed by atoms with Gasteiger partial charge >= 0.3 is 11.9 Å². The van der Waals surface area contributed by atoms with Gasteiger partial charge in [0, 0.05) is 17.6 Å². The van der Waals surface area contributed by atoms with Crippen molar-refractivity contribution >= 4 is 11.6 Å². The highest BCUT2D eigenvalue weighted by atomic mass is 35.5. The predicted octanol–water partition coefficient (Wildman–Crippen LogP) is 2.44. The van der Waals surface area contributed by atoms with Gasteiger partial charge in [0.15, 0.2) is 0 Å². The summed E-state index contributed by atoms with van der Waals surface area (Å²) in [7, 11) is 0.942. The van der Waals surface area contributed by atoms with E-state index in [1.54, 1.807) is 0 Å². The number of hydrogen-bond acceptors (Lipinski definition) is 2. The topological polar surface area (TPSA) is 39.8 Å². The maximum absolute atomic E-state index is 13.6. The summed E-state index contributed by atoms with van der Waals surface area (Å²) >= 11 is 5.76. The van der Waals surface area contributed by atoms with Crippen molar-refractivity contribution in [3.8, 4) is 0 Å². The summed E-state index contributed by atoms with van der Waals surface area (Å²) in [6.07, 6.45) is -4.77. The minimum Gasteiger partial charge on any atom is -0.274 e. The number of aromatic nitrogens is 3. The molecule has 0 radical (unpaired) electrons. The molecule has 0 amide bonds. The lowest BCUT2D eigenvalue weighted by molar-refractivity contribution is -0.147. The van der Waals surface area contributed by atoms with E-state index in [2.05, 4.69) is 5.10 Å². The van der Waals surface area contributed by atoms with E-state index in [4.69, 9.17) is 11.6 Å². The van der Waals surface area contributed by atoms with Crippen LogP contribution in [0.3, 0.4) is 0 Å². The molecule has 0 saturated carbocycles. The van der Waals surface area contributed by atoms with Crippen molar-refractivity contribution in [2.24, 2.45) is 7.05 Å². The highest BCUT2D eigenvalue weighted by molar-refractivity contribution is 6.31. The first-order chi connectivity index (χ1) is 9.21. The van der Waals surface area contributed by atoms with Crippen LogP contribution in [0.15, 0.2) is 23.0 Å². The Morgan fingerprint density at radius 3 is 2.50 bits per heavy atom. The molecule has 0 atom stereocenters. The van der Waals surface area contributed by atoms with Crippen molar-refractivity contribution in [2.75, 3.05) is 0 Å². The quantitative estimate of drug-likeness (QED) is 0.799. The maximum Gasteiger partial charge on any atom is 0.451 e. The van der Waals surface area contributed by atoms with Crippen LogP contribution in [0.25, 0.3) is 0 Å². The molecule has 9 heteroatoms. The van der Waals surface area contributed by atoms with Gasteiger partial charge in [0.1, 0.15) is 5.82 Å². The molecule has 0 spiro atoms. The lowest BCUT2D eigenvalue weighted by atomic mass is 10.2. The summed E-state index contributed by atoms with van der Waals surface area (Å²) < 4.78 is 52.2. The van der Waals surface area contributed by atoms with E-state index in [9.17, 15) is 22.4 Å². The molecule has 0 aliphatic carbocycles. The predicted molar refractivity (Wildman–Crippen MR) is 63.0 cm³/mol. The van der Waals surface area contributed by atoms with Crippen LogP contribution in [0, 0.1) is 5.82 Å². The van der Waals surface area contributed by atoms with E-state index < -0.39 is 30.1 Å². The van der Waals surface area contributed by atoms with Crippen LogP contribution in [-0.4, -0.2) is 14.3 Å². The highest BCUT2D eigenvalue weighted by Crippen LogP contribution is 2.26. The Hall–Kier alpha value is -1.83. The molecule has 1 aromatic carbocycles. The van der Waals surface area contributed by atoms with Crippen LogP contribution in [0.4, 0.5) is 17.6 Å². The standard InChI is InChI=1S/C11H8ClF4N3O/c1-18-9(11(14,15)16)17-19(10(18)20)5-6-7(12)3-2-4-8(6)13/h2-4H,5H2,1H3. The second-order valence-electron chi connectivity index (χ2n) is 4.02. The van der Waals surface area contributed by atoms with Gasteiger partial charge in [-0.15, -0.1) is 5.10 Å². The zero-order valence-electron chi connectivity index (χ0n) is 10.1. The Labute approximate surface area is 115 Å². The van der Waals surface area contributed by atoms with Gasteiger partial charge in [0.2, 0.25) is 5.82 Å². The zero-order valence-corrected chi connectivity index (χ0v) is 10.8. The third kappa shape index (κ3) is 2.55. The molecule has 0 N–H and O–H groups in total. The fourth-order valence-corrected chi connectivity index (χ4v) is 1.89. The SMILES string of the molecule is Cn1c(C(F)(F)F)nn(Cc2c(F)cccc2Cl)c1=O. The van der Waals surface area contributed by atoms with Crippen LogP contribution in [-0.2, 0) is 19.8 Å². The fraction of sp³-hybridized carbons (Fsp3) is 0.273. The summed E-state index contributed by atoms with van der Waals surface area (Å²) in [6, 6.07) is 3.82. The Balaban J connectivity index is 2.48. The van der Waals surface area contributed by atoms with Crippen LogP contribution < -0.4 is 5.69 Å². The van der Waals surface area contributed by atoms with Gasteiger partial charge in [-0.2, -0.15) is 13.2 Å². The second-order valence-corrected chi connectivity index (χ2v) is 4.43. The Bertz CT molecular complexity index is 684. The van der Waals surface area contributed by atoms with Crippen molar-refractivity contribution in [3.63, 3.8) is 0 Å². The molecule has 20 heavy (non-hydrogen) atoms. The van der Waals surface area contributed by atoms with E-state index >= 15 is 0 Å². The lowest BCUT2D eigenvalue weighted by Crippen LogP contribution is -2.25. The molecular formula is C11H8ClF4N3O. The van der Waals surface area contributed by atoms with Crippen molar-refractivity contribution in [1.82, 2.24) is 14.3 Å². The van der Waals surface area contributed by atoms with Crippen LogP contribution >= 0.6 is 11.6 Å². The third-order valence-corrected chi connectivity index (χ3v) is 3.02. The molecule has 0 bridgehead atoms. The first-order valence-corrected chi connectivity index (χ1v) is 5.73. The molecule has 0 unspecified atom stereocenters. The van der Waals surface area contributed by atoms with Gasteiger partial charge in [0.25, 0.3) is 0 Å². The highest BCUT2D eigenvalue weighted by Gasteiger charge is 2.38. The van der Waals surface area contributed by atoms with E-state index in [0.29, 0.717) is 9.25 Å². The number of hydrogen-bond donors (Lipinski definition) is 0. The molecule has 1 aromatic heterocycles. The first-order valence-electron chi connectivity index (χ1n) is 5.35.